The van der Waals surface area contributed by atoms with Crippen LogP contribution in [0.1, 0.15) is 32.1 Å². The molecule has 0 aromatic heterocycles. The van der Waals surface area contributed by atoms with Crippen molar-refractivity contribution in [3.05, 3.63) is 0 Å². The zero-order valence-corrected chi connectivity index (χ0v) is 12.3. The number of nitrogens with one attached hydrogen (secondary N) is 1. The molecule has 1 saturated heterocycles. The number of carbonyl (C=O) groups is 3. The normalized spacial score (nSPS) is 27.8. The van der Waals surface area contributed by atoms with E-state index in [0.717, 1.165) is 30.6 Å². The van der Waals surface area contributed by atoms with Gasteiger partial charge in [-0.15, -0.1) is 0 Å². The lowest BCUT2D eigenvalue weighted by molar-refractivity contribution is -0.151. The van der Waals surface area contributed by atoms with Crippen molar-refractivity contribution in [3.63, 3.8) is 0 Å². The third-order valence-electron chi connectivity index (χ3n) is 4.04. The Hall–Kier alpha value is -1.24. The van der Waals surface area contributed by atoms with Gasteiger partial charge in [-0.1, -0.05) is 12.8 Å². The summed E-state index contributed by atoms with van der Waals surface area (Å²) in [5.74, 6) is -1.08. The third-order valence-corrected chi connectivity index (χ3v) is 4.68. The molecule has 3 amide bonds. The van der Waals surface area contributed by atoms with Crippen LogP contribution in [0.2, 0.25) is 0 Å². The van der Waals surface area contributed by atoms with Crippen molar-refractivity contribution < 1.29 is 19.5 Å². The van der Waals surface area contributed by atoms with Crippen molar-refractivity contribution in [2.24, 2.45) is 5.92 Å². The van der Waals surface area contributed by atoms with Gasteiger partial charge in [0.2, 0.25) is 5.91 Å². The van der Waals surface area contributed by atoms with Gasteiger partial charge in [-0.05, 0) is 31.3 Å². The zero-order valence-electron chi connectivity index (χ0n) is 11.5. The van der Waals surface area contributed by atoms with Crippen LogP contribution in [-0.2, 0) is 9.59 Å². The smallest absolute Gasteiger partial charge is 0.327 e. The van der Waals surface area contributed by atoms with Gasteiger partial charge in [-0.3, -0.25) is 4.79 Å². The van der Waals surface area contributed by atoms with E-state index < -0.39 is 18.0 Å². The monoisotopic (exact) mass is 300 g/mol. The summed E-state index contributed by atoms with van der Waals surface area (Å²) in [6.07, 6.45) is 5.65. The second-order valence-electron chi connectivity index (χ2n) is 5.29. The number of carbonyl (C=O) groups excluding carboxylic acids is 2. The highest BCUT2D eigenvalue weighted by molar-refractivity contribution is 7.98. The van der Waals surface area contributed by atoms with E-state index in [2.05, 4.69) is 5.32 Å². The molecule has 0 aromatic carbocycles. The molecule has 1 aliphatic carbocycles. The summed E-state index contributed by atoms with van der Waals surface area (Å²) in [6.45, 7) is 0. The van der Waals surface area contributed by atoms with Gasteiger partial charge >= 0.3 is 12.0 Å². The van der Waals surface area contributed by atoms with Gasteiger partial charge < -0.3 is 10.4 Å². The molecule has 7 heteroatoms. The summed E-state index contributed by atoms with van der Waals surface area (Å²) >= 11 is 1.50. The minimum Gasteiger partial charge on any atom is -0.480 e. The lowest BCUT2D eigenvalue weighted by Gasteiger charge is -2.41. The summed E-state index contributed by atoms with van der Waals surface area (Å²) in [5, 5.41) is 12.1. The average Bonchev–Trinajstić information content (AvgIpc) is 2.42. The zero-order chi connectivity index (χ0) is 14.7. The van der Waals surface area contributed by atoms with Gasteiger partial charge in [0, 0.05) is 6.04 Å². The molecule has 2 fully saturated rings. The van der Waals surface area contributed by atoms with Crippen molar-refractivity contribution in [2.45, 2.75) is 44.2 Å². The molecule has 0 aromatic rings. The first-order valence-electron chi connectivity index (χ1n) is 6.91. The highest BCUT2D eigenvalue weighted by Crippen LogP contribution is 2.30. The molecule has 2 N–H and O–H groups in total. The molecule has 2 rings (SSSR count). The predicted molar refractivity (Wildman–Crippen MR) is 75.5 cm³/mol. The quantitative estimate of drug-likeness (QED) is 0.799. The first-order chi connectivity index (χ1) is 9.56. The van der Waals surface area contributed by atoms with Crippen LogP contribution in [0.4, 0.5) is 4.79 Å². The second kappa shape index (κ2) is 6.47. The lowest BCUT2D eigenvalue weighted by atomic mass is 9.82. The van der Waals surface area contributed by atoms with Crippen LogP contribution in [-0.4, -0.2) is 52.0 Å². The Kier molecular flexibility index (Phi) is 4.91. The molecular formula is C13H20N2O4S. The molecule has 0 radical (unpaired) electrons. The van der Waals surface area contributed by atoms with E-state index in [4.69, 9.17) is 0 Å². The molecule has 112 valence electrons. The number of thioether (sulfide) groups is 1. The van der Waals surface area contributed by atoms with E-state index >= 15 is 0 Å². The lowest BCUT2D eigenvalue weighted by Crippen LogP contribution is -2.64. The van der Waals surface area contributed by atoms with Gasteiger partial charge in [0.25, 0.3) is 0 Å². The van der Waals surface area contributed by atoms with Crippen molar-refractivity contribution in [2.75, 3.05) is 12.0 Å². The fourth-order valence-corrected chi connectivity index (χ4v) is 3.45. The van der Waals surface area contributed by atoms with Crippen molar-refractivity contribution in [1.82, 2.24) is 10.2 Å². The molecule has 20 heavy (non-hydrogen) atoms. The number of amides is 3. The molecule has 3 atom stereocenters. The molecule has 3 unspecified atom stereocenters. The number of rotatable bonds is 5. The van der Waals surface area contributed by atoms with Crippen LogP contribution < -0.4 is 5.32 Å². The molecule has 1 heterocycles. The van der Waals surface area contributed by atoms with Gasteiger partial charge in [0.1, 0.15) is 6.04 Å². The fourth-order valence-electron chi connectivity index (χ4n) is 2.99. The van der Waals surface area contributed by atoms with Gasteiger partial charge in [-0.25, -0.2) is 14.5 Å². The Balaban J connectivity index is 2.17. The van der Waals surface area contributed by atoms with Gasteiger partial charge in [0.05, 0.1) is 5.92 Å². The number of hydrogen-bond acceptors (Lipinski definition) is 4. The molecule has 1 aliphatic heterocycles. The number of imide groups is 1. The maximum Gasteiger partial charge on any atom is 0.327 e. The van der Waals surface area contributed by atoms with Crippen LogP contribution in [0.25, 0.3) is 0 Å². The summed E-state index contributed by atoms with van der Waals surface area (Å²) in [4.78, 5) is 36.9. The molecule has 6 nitrogen and oxygen atoms in total. The highest BCUT2D eigenvalue weighted by atomic mass is 32.2. The Morgan fingerprint density at radius 3 is 2.80 bits per heavy atom. The third kappa shape index (κ3) is 2.92. The van der Waals surface area contributed by atoms with Crippen molar-refractivity contribution in [3.8, 4) is 0 Å². The van der Waals surface area contributed by atoms with Gasteiger partial charge in [-0.2, -0.15) is 11.8 Å². The number of hydrogen-bond donors (Lipinski definition) is 2. The first kappa shape index (κ1) is 15.2. The molecule has 0 spiro atoms. The standard InChI is InChI=1S/C13H20N2O4S/c1-20-7-6-10(12(17)18)15-11(16)8-4-2-3-5-9(8)14-13(15)19/h8-10H,2-7H2,1H3,(H,14,19)(H,17,18). The summed E-state index contributed by atoms with van der Waals surface area (Å²) in [7, 11) is 0. The summed E-state index contributed by atoms with van der Waals surface area (Å²) in [6, 6.07) is -1.72. The Labute approximate surface area is 122 Å². The SMILES string of the molecule is CSCCC(C(=O)O)N1C(=O)NC2CCCCC2C1=O. The minimum atomic E-state index is -1.11. The van der Waals surface area contributed by atoms with Crippen molar-refractivity contribution >= 4 is 29.7 Å². The number of carboxylic acid groups (broad SMARTS) is 1. The van der Waals surface area contributed by atoms with Crippen LogP contribution in [0.5, 0.6) is 0 Å². The topological polar surface area (TPSA) is 86.7 Å². The number of aliphatic carboxylic acids is 1. The van der Waals surface area contributed by atoms with E-state index in [1.807, 2.05) is 6.26 Å². The maximum absolute atomic E-state index is 12.5. The Morgan fingerprint density at radius 1 is 1.45 bits per heavy atom. The predicted octanol–water partition coefficient (Wildman–Crippen LogP) is 1.30. The molecular weight excluding hydrogens is 280 g/mol. The number of urea groups is 1. The number of nitrogens with zero attached hydrogens (tertiary/aromatic N) is 1. The second-order valence-corrected chi connectivity index (χ2v) is 6.28. The molecule has 1 saturated carbocycles. The van der Waals surface area contributed by atoms with E-state index in [1.54, 1.807) is 0 Å². The number of fused-ring (bicyclic) bond motifs is 1. The average molecular weight is 300 g/mol. The number of carboxylic acids is 1. The van der Waals surface area contributed by atoms with Crippen LogP contribution in [0.15, 0.2) is 0 Å². The highest BCUT2D eigenvalue weighted by Gasteiger charge is 2.46. The van der Waals surface area contributed by atoms with Crippen LogP contribution >= 0.6 is 11.8 Å². The summed E-state index contributed by atoms with van der Waals surface area (Å²) in [5.41, 5.74) is 0. The van der Waals surface area contributed by atoms with E-state index in [-0.39, 0.29) is 24.3 Å². The maximum atomic E-state index is 12.5. The van der Waals surface area contributed by atoms with Crippen LogP contribution in [0, 0.1) is 5.92 Å². The van der Waals surface area contributed by atoms with E-state index in [9.17, 15) is 19.5 Å². The largest absolute Gasteiger partial charge is 0.480 e. The minimum absolute atomic E-state index is 0.116. The van der Waals surface area contributed by atoms with Gasteiger partial charge in [0.15, 0.2) is 0 Å². The van der Waals surface area contributed by atoms with Crippen molar-refractivity contribution in [1.29, 1.82) is 0 Å². The molecule has 2 aliphatic rings. The first-order valence-corrected chi connectivity index (χ1v) is 8.31. The summed E-state index contributed by atoms with van der Waals surface area (Å²) < 4.78 is 0. The Morgan fingerprint density at radius 2 is 2.15 bits per heavy atom. The molecule has 0 bridgehead atoms. The van der Waals surface area contributed by atoms with Crippen LogP contribution in [0.3, 0.4) is 0 Å². The fraction of sp³-hybridized carbons (Fsp3) is 0.769. The Bertz CT molecular complexity index is 415. The van der Waals surface area contributed by atoms with E-state index in [0.29, 0.717) is 5.75 Å². The van der Waals surface area contributed by atoms with E-state index in [1.165, 1.54) is 11.8 Å².